The quantitative estimate of drug-likeness (QED) is 0.797. The van der Waals surface area contributed by atoms with Gasteiger partial charge >= 0.3 is 0 Å². The molecule has 0 radical (unpaired) electrons. The lowest BCUT2D eigenvalue weighted by Crippen LogP contribution is -2.50. The van der Waals surface area contributed by atoms with E-state index in [2.05, 4.69) is 14.9 Å². The molecular formula is C20H27N3O2S. The van der Waals surface area contributed by atoms with E-state index in [1.165, 1.54) is 43.9 Å². The zero-order chi connectivity index (χ0) is 17.9. The second kappa shape index (κ2) is 7.91. The number of thioether (sulfide) groups is 1. The lowest BCUT2D eigenvalue weighted by atomic mass is 9.78. The van der Waals surface area contributed by atoms with Crippen LogP contribution in [0.3, 0.4) is 0 Å². The summed E-state index contributed by atoms with van der Waals surface area (Å²) in [4.78, 5) is 22.9. The van der Waals surface area contributed by atoms with Gasteiger partial charge in [-0.1, -0.05) is 24.6 Å². The highest BCUT2D eigenvalue weighted by Gasteiger charge is 2.35. The maximum absolute atomic E-state index is 12.8. The minimum Gasteiger partial charge on any atom is -0.494 e. The molecule has 2 heterocycles. The van der Waals surface area contributed by atoms with Crippen molar-refractivity contribution < 1.29 is 9.53 Å². The zero-order valence-corrected chi connectivity index (χ0v) is 16.2. The number of imidazole rings is 1. The molecule has 0 spiro atoms. The molecule has 4 rings (SSSR count). The number of likely N-dealkylation sites (tertiary alicyclic amines) is 1. The molecule has 1 aliphatic heterocycles. The van der Waals surface area contributed by atoms with Gasteiger partial charge in [0.05, 0.1) is 23.4 Å². The van der Waals surface area contributed by atoms with Crippen molar-refractivity contribution in [3.8, 4) is 5.75 Å². The van der Waals surface area contributed by atoms with Crippen molar-refractivity contribution in [2.45, 2.75) is 56.6 Å². The van der Waals surface area contributed by atoms with Gasteiger partial charge in [0.25, 0.3) is 0 Å². The van der Waals surface area contributed by atoms with Crippen LogP contribution in [0.2, 0.25) is 0 Å². The lowest BCUT2D eigenvalue weighted by Gasteiger charge is -2.44. The molecule has 6 heteroatoms. The van der Waals surface area contributed by atoms with Gasteiger partial charge in [0.15, 0.2) is 5.16 Å². The molecule has 1 aromatic heterocycles. The number of amides is 1. The minimum absolute atomic E-state index is 0.266. The Hall–Kier alpha value is -1.69. The van der Waals surface area contributed by atoms with Crippen LogP contribution in [0.1, 0.15) is 45.4 Å². The van der Waals surface area contributed by atoms with Crippen LogP contribution in [0.4, 0.5) is 0 Å². The average molecular weight is 374 g/mol. The van der Waals surface area contributed by atoms with Gasteiger partial charge in [-0.05, 0) is 50.7 Å². The summed E-state index contributed by atoms with van der Waals surface area (Å²) in [5.41, 5.74) is 1.87. The minimum atomic E-state index is 0.266. The number of benzene rings is 1. The van der Waals surface area contributed by atoms with E-state index in [9.17, 15) is 4.79 Å². The normalized spacial score (nSPS) is 23.0. The molecule has 2 aliphatic rings. The van der Waals surface area contributed by atoms with Crippen LogP contribution in [0.5, 0.6) is 5.75 Å². The monoisotopic (exact) mass is 373 g/mol. The highest BCUT2D eigenvalue weighted by Crippen LogP contribution is 2.35. The Balaban J connectivity index is 1.40. The SMILES string of the molecule is CCOc1ccc2nc(SCC(=O)N3CCC[C@H]4CCCC[C@@H]43)[nH]c2c1. The third kappa shape index (κ3) is 3.70. The predicted octanol–water partition coefficient (Wildman–Crippen LogP) is 4.23. The first-order chi connectivity index (χ1) is 12.7. The van der Waals surface area contributed by atoms with E-state index in [0.29, 0.717) is 18.4 Å². The highest BCUT2D eigenvalue weighted by molar-refractivity contribution is 7.99. The average Bonchev–Trinajstić information content (AvgIpc) is 3.08. The number of hydrogen-bond donors (Lipinski definition) is 1. The molecule has 1 aromatic carbocycles. The predicted molar refractivity (Wildman–Crippen MR) is 105 cm³/mol. The van der Waals surface area contributed by atoms with Gasteiger partial charge in [0, 0.05) is 18.7 Å². The Labute approximate surface area is 158 Å². The maximum atomic E-state index is 12.8. The fourth-order valence-electron chi connectivity index (χ4n) is 4.44. The number of piperidine rings is 1. The van der Waals surface area contributed by atoms with Gasteiger partial charge in [-0.3, -0.25) is 4.79 Å². The largest absolute Gasteiger partial charge is 0.494 e. The van der Waals surface area contributed by atoms with Gasteiger partial charge < -0.3 is 14.6 Å². The van der Waals surface area contributed by atoms with Crippen LogP contribution in [0, 0.1) is 5.92 Å². The number of rotatable bonds is 5. The second-order valence-corrected chi connectivity index (χ2v) is 8.25. The van der Waals surface area contributed by atoms with Crippen molar-refractivity contribution in [3.05, 3.63) is 18.2 Å². The van der Waals surface area contributed by atoms with Gasteiger partial charge in [0.2, 0.25) is 5.91 Å². The van der Waals surface area contributed by atoms with Crippen LogP contribution >= 0.6 is 11.8 Å². The summed E-state index contributed by atoms with van der Waals surface area (Å²) in [6, 6.07) is 6.34. The van der Waals surface area contributed by atoms with Gasteiger partial charge in [-0.2, -0.15) is 0 Å². The molecule has 2 aromatic rings. The summed E-state index contributed by atoms with van der Waals surface area (Å²) in [6.45, 7) is 3.55. The fraction of sp³-hybridized carbons (Fsp3) is 0.600. The van der Waals surface area contributed by atoms with E-state index in [1.54, 1.807) is 0 Å². The van der Waals surface area contributed by atoms with Gasteiger partial charge in [-0.25, -0.2) is 4.98 Å². The summed E-state index contributed by atoms with van der Waals surface area (Å²) in [5.74, 6) is 2.30. The first kappa shape index (κ1) is 17.7. The standard InChI is InChI=1S/C20H27N3O2S/c1-2-25-15-9-10-16-17(12-15)22-20(21-16)26-13-19(24)23-11-5-7-14-6-3-4-8-18(14)23/h9-10,12,14,18H,2-8,11,13H2,1H3,(H,21,22)/t14-,18+/m1/s1. The molecule has 5 nitrogen and oxygen atoms in total. The topological polar surface area (TPSA) is 58.2 Å². The van der Waals surface area contributed by atoms with Gasteiger partial charge in [-0.15, -0.1) is 0 Å². The van der Waals surface area contributed by atoms with E-state index >= 15 is 0 Å². The van der Waals surface area contributed by atoms with E-state index in [0.717, 1.165) is 40.8 Å². The van der Waals surface area contributed by atoms with E-state index < -0.39 is 0 Å². The third-order valence-corrected chi connectivity index (χ3v) is 6.50. The highest BCUT2D eigenvalue weighted by atomic mass is 32.2. The molecule has 0 bridgehead atoms. The van der Waals surface area contributed by atoms with E-state index in [4.69, 9.17) is 4.74 Å². The van der Waals surface area contributed by atoms with Crippen molar-refractivity contribution >= 4 is 28.7 Å². The molecule has 1 N–H and O–H groups in total. The van der Waals surface area contributed by atoms with Gasteiger partial charge in [0.1, 0.15) is 5.75 Å². The molecule has 1 saturated carbocycles. The summed E-state index contributed by atoms with van der Waals surface area (Å²) >= 11 is 1.51. The lowest BCUT2D eigenvalue weighted by molar-refractivity contribution is -0.134. The Morgan fingerprint density at radius 2 is 2.15 bits per heavy atom. The Bertz CT molecular complexity index is 774. The summed E-state index contributed by atoms with van der Waals surface area (Å²) in [5, 5.41) is 0.805. The van der Waals surface area contributed by atoms with Crippen molar-refractivity contribution in [3.63, 3.8) is 0 Å². The fourth-order valence-corrected chi connectivity index (χ4v) is 5.21. The summed E-state index contributed by atoms with van der Waals surface area (Å²) in [6.07, 6.45) is 7.54. The van der Waals surface area contributed by atoms with Crippen molar-refractivity contribution in [2.75, 3.05) is 18.9 Å². The number of aromatic amines is 1. The van der Waals surface area contributed by atoms with Crippen LogP contribution in [0.15, 0.2) is 23.4 Å². The van der Waals surface area contributed by atoms with Crippen molar-refractivity contribution in [1.29, 1.82) is 0 Å². The number of carbonyl (C=O) groups excluding carboxylic acids is 1. The second-order valence-electron chi connectivity index (χ2n) is 7.28. The van der Waals surface area contributed by atoms with E-state index in [-0.39, 0.29) is 5.91 Å². The number of hydrogen-bond acceptors (Lipinski definition) is 4. The number of H-pyrrole nitrogens is 1. The molecular weight excluding hydrogens is 346 g/mol. The number of aromatic nitrogens is 2. The molecule has 2 fully saturated rings. The number of carbonyl (C=O) groups is 1. The zero-order valence-electron chi connectivity index (χ0n) is 15.4. The number of nitrogens with zero attached hydrogens (tertiary/aromatic N) is 2. The van der Waals surface area contributed by atoms with Crippen LogP contribution in [-0.2, 0) is 4.79 Å². The summed E-state index contributed by atoms with van der Waals surface area (Å²) in [7, 11) is 0. The van der Waals surface area contributed by atoms with E-state index in [1.807, 2.05) is 25.1 Å². The van der Waals surface area contributed by atoms with Crippen molar-refractivity contribution in [2.24, 2.45) is 5.92 Å². The third-order valence-electron chi connectivity index (χ3n) is 5.64. The van der Waals surface area contributed by atoms with Crippen molar-refractivity contribution in [1.82, 2.24) is 14.9 Å². The smallest absolute Gasteiger partial charge is 0.233 e. The first-order valence-corrected chi connectivity index (χ1v) is 10.8. The molecule has 0 unspecified atom stereocenters. The summed E-state index contributed by atoms with van der Waals surface area (Å²) < 4.78 is 5.54. The number of ether oxygens (including phenoxy) is 1. The molecule has 140 valence electrons. The van der Waals surface area contributed by atoms with Crippen LogP contribution < -0.4 is 4.74 Å². The molecule has 1 aliphatic carbocycles. The maximum Gasteiger partial charge on any atom is 0.233 e. The van der Waals surface area contributed by atoms with Crippen LogP contribution in [0.25, 0.3) is 11.0 Å². The molecule has 26 heavy (non-hydrogen) atoms. The Morgan fingerprint density at radius 1 is 1.31 bits per heavy atom. The number of nitrogens with one attached hydrogen (secondary N) is 1. The van der Waals surface area contributed by atoms with Crippen LogP contribution in [-0.4, -0.2) is 45.7 Å². The molecule has 2 atom stereocenters. The Morgan fingerprint density at radius 3 is 3.04 bits per heavy atom. The Kier molecular flexibility index (Phi) is 5.38. The number of fused-ring (bicyclic) bond motifs is 2. The molecule has 1 saturated heterocycles. The first-order valence-electron chi connectivity index (χ1n) is 9.79. The molecule has 1 amide bonds.